The van der Waals surface area contributed by atoms with Gasteiger partial charge < -0.3 is 15.3 Å². The average molecular weight is 198 g/mol. The van der Waals surface area contributed by atoms with Gasteiger partial charge in [0.15, 0.2) is 0 Å². The molecule has 1 aromatic rings. The molecule has 5 heteroatoms. The lowest BCUT2D eigenvalue weighted by Gasteiger charge is -2.07. The van der Waals surface area contributed by atoms with Crippen LogP contribution in [0.15, 0.2) is 16.5 Å². The van der Waals surface area contributed by atoms with Gasteiger partial charge in [0, 0.05) is 0 Å². The molecule has 0 aromatic carbocycles. The number of hydrogen-bond donors (Lipinski definition) is 3. The van der Waals surface area contributed by atoms with E-state index >= 15 is 0 Å². The standard InChI is InChI=1S/C9H14N2O3/c1-6(9(10)13)11-4-7-2-3-8(5-12)14-7/h2-3,6,11-12H,4-5H2,1H3,(H2,10,13). The average Bonchev–Trinajstić information content (AvgIpc) is 2.61. The van der Waals surface area contributed by atoms with Crippen molar-refractivity contribution in [1.82, 2.24) is 5.32 Å². The molecule has 0 radical (unpaired) electrons. The molecule has 1 unspecified atom stereocenters. The molecule has 1 amide bonds. The first-order chi connectivity index (χ1) is 6.63. The van der Waals surface area contributed by atoms with Crippen LogP contribution in [0.1, 0.15) is 18.4 Å². The highest BCUT2D eigenvalue weighted by molar-refractivity contribution is 5.79. The summed E-state index contributed by atoms with van der Waals surface area (Å²) in [5, 5.41) is 11.6. The van der Waals surface area contributed by atoms with Crippen LogP contribution in [0, 0.1) is 0 Å². The van der Waals surface area contributed by atoms with Crippen LogP contribution in [0.5, 0.6) is 0 Å². The zero-order chi connectivity index (χ0) is 10.6. The highest BCUT2D eigenvalue weighted by Crippen LogP contribution is 2.07. The predicted octanol–water partition coefficient (Wildman–Crippen LogP) is -0.265. The van der Waals surface area contributed by atoms with Crippen molar-refractivity contribution in [2.45, 2.75) is 26.1 Å². The molecule has 78 valence electrons. The molecule has 0 spiro atoms. The number of aliphatic hydroxyl groups excluding tert-OH is 1. The van der Waals surface area contributed by atoms with Crippen molar-refractivity contribution in [3.8, 4) is 0 Å². The van der Waals surface area contributed by atoms with Crippen molar-refractivity contribution in [2.24, 2.45) is 5.73 Å². The Morgan fingerprint density at radius 3 is 2.79 bits per heavy atom. The van der Waals surface area contributed by atoms with Gasteiger partial charge in [-0.15, -0.1) is 0 Å². The highest BCUT2D eigenvalue weighted by atomic mass is 16.4. The number of carbonyl (C=O) groups is 1. The van der Waals surface area contributed by atoms with Gasteiger partial charge in [-0.1, -0.05) is 0 Å². The Kier molecular flexibility index (Phi) is 3.67. The smallest absolute Gasteiger partial charge is 0.234 e. The Hall–Kier alpha value is -1.33. The second kappa shape index (κ2) is 4.78. The first kappa shape index (κ1) is 10.7. The third-order valence-corrected chi connectivity index (χ3v) is 1.88. The normalized spacial score (nSPS) is 12.7. The lowest BCUT2D eigenvalue weighted by Crippen LogP contribution is -2.38. The number of primary amides is 1. The number of furan rings is 1. The molecule has 0 aliphatic carbocycles. The van der Waals surface area contributed by atoms with Crippen LogP contribution in [-0.4, -0.2) is 17.1 Å². The van der Waals surface area contributed by atoms with Crippen LogP contribution in [-0.2, 0) is 17.9 Å². The van der Waals surface area contributed by atoms with Crippen LogP contribution in [0.2, 0.25) is 0 Å². The van der Waals surface area contributed by atoms with E-state index in [2.05, 4.69) is 5.32 Å². The molecular formula is C9H14N2O3. The van der Waals surface area contributed by atoms with Crippen molar-refractivity contribution in [2.75, 3.05) is 0 Å². The number of hydrogen-bond acceptors (Lipinski definition) is 4. The van der Waals surface area contributed by atoms with E-state index in [0.717, 1.165) is 0 Å². The monoisotopic (exact) mass is 198 g/mol. The number of amides is 1. The third kappa shape index (κ3) is 2.86. The summed E-state index contributed by atoms with van der Waals surface area (Å²) in [6.45, 7) is 1.98. The lowest BCUT2D eigenvalue weighted by atomic mass is 10.3. The molecule has 0 aliphatic heterocycles. The van der Waals surface area contributed by atoms with Gasteiger partial charge in [-0.25, -0.2) is 0 Å². The van der Waals surface area contributed by atoms with E-state index in [9.17, 15) is 4.79 Å². The molecule has 4 N–H and O–H groups in total. The number of nitrogens with two attached hydrogens (primary N) is 1. The molecule has 1 heterocycles. The van der Waals surface area contributed by atoms with Gasteiger partial charge in [-0.05, 0) is 19.1 Å². The molecule has 0 aliphatic rings. The van der Waals surface area contributed by atoms with E-state index in [-0.39, 0.29) is 6.61 Å². The number of carbonyl (C=O) groups excluding carboxylic acids is 1. The fourth-order valence-corrected chi connectivity index (χ4v) is 0.957. The van der Waals surface area contributed by atoms with Gasteiger partial charge in [0.05, 0.1) is 12.6 Å². The molecule has 0 fully saturated rings. The summed E-state index contributed by atoms with van der Waals surface area (Å²) >= 11 is 0. The SMILES string of the molecule is CC(NCc1ccc(CO)o1)C(N)=O. The third-order valence-electron chi connectivity index (χ3n) is 1.88. The summed E-state index contributed by atoms with van der Waals surface area (Å²) in [5.74, 6) is 0.773. The maximum absolute atomic E-state index is 10.7. The quantitative estimate of drug-likeness (QED) is 0.608. The molecular weight excluding hydrogens is 184 g/mol. The first-order valence-corrected chi connectivity index (χ1v) is 4.34. The van der Waals surface area contributed by atoms with Crippen LogP contribution < -0.4 is 11.1 Å². The summed E-state index contributed by atoms with van der Waals surface area (Å²) in [6.07, 6.45) is 0. The minimum Gasteiger partial charge on any atom is -0.462 e. The zero-order valence-electron chi connectivity index (χ0n) is 7.99. The molecule has 5 nitrogen and oxygen atoms in total. The Balaban J connectivity index is 2.41. The van der Waals surface area contributed by atoms with E-state index in [4.69, 9.17) is 15.3 Å². The van der Waals surface area contributed by atoms with Gasteiger partial charge in [-0.3, -0.25) is 10.1 Å². The van der Waals surface area contributed by atoms with Crippen LogP contribution in [0.25, 0.3) is 0 Å². The van der Waals surface area contributed by atoms with Crippen LogP contribution >= 0.6 is 0 Å². The fourth-order valence-electron chi connectivity index (χ4n) is 0.957. The van der Waals surface area contributed by atoms with Gasteiger partial charge in [-0.2, -0.15) is 0 Å². The van der Waals surface area contributed by atoms with Crippen LogP contribution in [0.3, 0.4) is 0 Å². The molecule has 1 atom stereocenters. The molecule has 1 rings (SSSR count). The molecule has 0 saturated carbocycles. The molecule has 0 saturated heterocycles. The Morgan fingerprint density at radius 2 is 2.29 bits per heavy atom. The van der Waals surface area contributed by atoms with Gasteiger partial charge >= 0.3 is 0 Å². The van der Waals surface area contributed by atoms with E-state index < -0.39 is 11.9 Å². The van der Waals surface area contributed by atoms with Crippen LogP contribution in [0.4, 0.5) is 0 Å². The van der Waals surface area contributed by atoms with Crippen molar-refractivity contribution in [1.29, 1.82) is 0 Å². The van der Waals surface area contributed by atoms with Gasteiger partial charge in [0.2, 0.25) is 5.91 Å². The minimum absolute atomic E-state index is 0.120. The minimum atomic E-state index is -0.404. The summed E-state index contributed by atoms with van der Waals surface area (Å²) < 4.78 is 5.20. The molecule has 14 heavy (non-hydrogen) atoms. The Bertz CT molecular complexity index is 309. The largest absolute Gasteiger partial charge is 0.462 e. The molecule has 0 bridgehead atoms. The Labute approximate surface area is 81.9 Å². The highest BCUT2D eigenvalue weighted by Gasteiger charge is 2.08. The number of aliphatic hydroxyl groups is 1. The van der Waals surface area contributed by atoms with Crippen molar-refractivity contribution >= 4 is 5.91 Å². The fraction of sp³-hybridized carbons (Fsp3) is 0.444. The topological polar surface area (TPSA) is 88.5 Å². The summed E-state index contributed by atoms with van der Waals surface area (Å²) in [6, 6.07) is 3.04. The van der Waals surface area contributed by atoms with Gasteiger partial charge in [0.25, 0.3) is 0 Å². The second-order valence-corrected chi connectivity index (χ2v) is 3.03. The molecule has 1 aromatic heterocycles. The van der Waals surface area contributed by atoms with E-state index in [1.807, 2.05) is 0 Å². The predicted molar refractivity (Wildman–Crippen MR) is 50.1 cm³/mol. The maximum Gasteiger partial charge on any atom is 0.234 e. The maximum atomic E-state index is 10.7. The zero-order valence-corrected chi connectivity index (χ0v) is 7.99. The van der Waals surface area contributed by atoms with Crippen molar-refractivity contribution in [3.05, 3.63) is 23.7 Å². The second-order valence-electron chi connectivity index (χ2n) is 3.03. The van der Waals surface area contributed by atoms with E-state index in [1.165, 1.54) is 0 Å². The van der Waals surface area contributed by atoms with Crippen molar-refractivity contribution in [3.63, 3.8) is 0 Å². The first-order valence-electron chi connectivity index (χ1n) is 4.34. The number of rotatable bonds is 5. The lowest BCUT2D eigenvalue weighted by molar-refractivity contribution is -0.119. The summed E-state index contributed by atoms with van der Waals surface area (Å²) in [5.41, 5.74) is 5.06. The van der Waals surface area contributed by atoms with Gasteiger partial charge in [0.1, 0.15) is 18.1 Å². The Morgan fingerprint density at radius 1 is 1.64 bits per heavy atom. The van der Waals surface area contributed by atoms with Crippen molar-refractivity contribution < 1.29 is 14.3 Å². The number of nitrogens with one attached hydrogen (secondary N) is 1. The van der Waals surface area contributed by atoms with E-state index in [1.54, 1.807) is 19.1 Å². The summed E-state index contributed by atoms with van der Waals surface area (Å²) in [7, 11) is 0. The van der Waals surface area contributed by atoms with E-state index in [0.29, 0.717) is 18.1 Å². The summed E-state index contributed by atoms with van der Waals surface area (Å²) in [4.78, 5) is 10.7.